The highest BCUT2D eigenvalue weighted by Crippen LogP contribution is 2.36. The maximum absolute atomic E-state index is 12.2. The number of H-pyrrole nitrogens is 1. The maximum atomic E-state index is 12.2. The van der Waals surface area contributed by atoms with Gasteiger partial charge in [0, 0.05) is 12.1 Å². The summed E-state index contributed by atoms with van der Waals surface area (Å²) in [7, 11) is 0. The molecule has 0 aliphatic heterocycles. The molecule has 7 heteroatoms. The number of carbonyl (C=O) groups excluding carboxylic acids is 1. The summed E-state index contributed by atoms with van der Waals surface area (Å²) in [5.41, 5.74) is -0.167. The lowest BCUT2D eigenvalue weighted by Crippen LogP contribution is -2.44. The van der Waals surface area contributed by atoms with Crippen LogP contribution in [0.15, 0.2) is 9.95 Å². The van der Waals surface area contributed by atoms with Gasteiger partial charge in [-0.3, -0.25) is 9.36 Å². The number of nitrogens with zero attached hydrogens (tertiary/aromatic N) is 2. The molecule has 0 unspecified atom stereocenters. The van der Waals surface area contributed by atoms with Crippen molar-refractivity contribution < 1.29 is 4.79 Å². The van der Waals surface area contributed by atoms with Gasteiger partial charge in [-0.05, 0) is 31.1 Å². The average Bonchev–Trinajstić information content (AvgIpc) is 3.25. The van der Waals surface area contributed by atoms with Crippen LogP contribution >= 0.6 is 11.8 Å². The highest BCUT2D eigenvalue weighted by atomic mass is 32.2. The highest BCUT2D eigenvalue weighted by Gasteiger charge is 2.30. The molecule has 1 amide bonds. The van der Waals surface area contributed by atoms with Crippen LogP contribution in [0.1, 0.15) is 52.0 Å². The van der Waals surface area contributed by atoms with E-state index in [0.29, 0.717) is 22.7 Å². The first kappa shape index (κ1) is 15.6. The number of thioether (sulfide) groups is 1. The van der Waals surface area contributed by atoms with Crippen LogP contribution in [-0.2, 0) is 4.79 Å². The Morgan fingerprint density at radius 2 is 2.14 bits per heavy atom. The molecule has 1 aromatic rings. The van der Waals surface area contributed by atoms with Crippen molar-refractivity contribution in [2.75, 3.05) is 5.75 Å². The molecule has 122 valence electrons. The van der Waals surface area contributed by atoms with Gasteiger partial charge in [0.05, 0.1) is 5.75 Å². The fourth-order valence-corrected chi connectivity index (χ4v) is 4.04. The number of nitrogens with one attached hydrogen (secondary N) is 2. The van der Waals surface area contributed by atoms with Crippen LogP contribution in [-0.4, -0.2) is 32.5 Å². The van der Waals surface area contributed by atoms with Gasteiger partial charge in [0.25, 0.3) is 0 Å². The molecule has 0 radical (unpaired) electrons. The highest BCUT2D eigenvalue weighted by molar-refractivity contribution is 7.99. The van der Waals surface area contributed by atoms with E-state index in [1.807, 2.05) is 0 Å². The Labute approximate surface area is 134 Å². The molecule has 0 bridgehead atoms. The van der Waals surface area contributed by atoms with E-state index in [9.17, 15) is 9.59 Å². The summed E-state index contributed by atoms with van der Waals surface area (Å²) in [5, 5.41) is 10.3. The first-order valence-electron chi connectivity index (χ1n) is 8.15. The fraction of sp³-hybridized carbons (Fsp3) is 0.800. The van der Waals surface area contributed by atoms with E-state index in [2.05, 4.69) is 29.4 Å². The fourth-order valence-electron chi connectivity index (χ4n) is 3.21. The molecule has 2 N–H and O–H groups in total. The lowest BCUT2D eigenvalue weighted by atomic mass is 9.78. The Morgan fingerprint density at radius 3 is 2.86 bits per heavy atom. The van der Waals surface area contributed by atoms with Gasteiger partial charge in [0.1, 0.15) is 0 Å². The van der Waals surface area contributed by atoms with Crippen molar-refractivity contribution in [1.82, 2.24) is 20.1 Å². The molecule has 1 heterocycles. The summed E-state index contributed by atoms with van der Waals surface area (Å²) in [5.74, 6) is 1.54. The Hall–Kier alpha value is -1.24. The minimum absolute atomic E-state index is 0.0359. The first-order valence-corrected chi connectivity index (χ1v) is 9.14. The second kappa shape index (κ2) is 6.48. The number of aromatic nitrogens is 3. The van der Waals surface area contributed by atoms with E-state index in [-0.39, 0.29) is 23.7 Å². The molecule has 2 aliphatic carbocycles. The number of hydrogen-bond donors (Lipinski definition) is 2. The SMILES string of the molecule is C[C@H]1[C@@H](NC(=O)CSc2n[nH]c(=O)n2C2CC2)CCC[C@@H]1C. The molecule has 3 rings (SSSR count). The average molecular weight is 324 g/mol. The Morgan fingerprint density at radius 1 is 1.36 bits per heavy atom. The van der Waals surface area contributed by atoms with Gasteiger partial charge < -0.3 is 5.32 Å². The van der Waals surface area contributed by atoms with Crippen molar-refractivity contribution in [3.8, 4) is 0 Å². The van der Waals surface area contributed by atoms with Gasteiger partial charge in [-0.15, -0.1) is 5.10 Å². The van der Waals surface area contributed by atoms with E-state index < -0.39 is 0 Å². The van der Waals surface area contributed by atoms with Gasteiger partial charge in [-0.1, -0.05) is 38.5 Å². The molecule has 2 fully saturated rings. The molecule has 1 aromatic heterocycles. The molecular formula is C15H24N4O2S. The molecule has 22 heavy (non-hydrogen) atoms. The standard InChI is InChI=1S/C15H24N4O2S/c1-9-4-3-5-12(10(9)2)16-13(20)8-22-15-18-17-14(21)19(15)11-6-7-11/h9-12H,3-8H2,1-2H3,(H,16,20)(H,17,21)/t9-,10+,12-/m0/s1. The molecular weight excluding hydrogens is 300 g/mol. The zero-order valence-corrected chi connectivity index (χ0v) is 14.0. The van der Waals surface area contributed by atoms with Crippen LogP contribution in [0, 0.1) is 11.8 Å². The zero-order chi connectivity index (χ0) is 15.7. The molecule has 6 nitrogen and oxygen atoms in total. The summed E-state index contributed by atoms with van der Waals surface area (Å²) < 4.78 is 1.68. The molecule has 0 aromatic carbocycles. The Kier molecular flexibility index (Phi) is 4.61. The normalized spacial score (nSPS) is 28.5. The lowest BCUT2D eigenvalue weighted by Gasteiger charge is -2.34. The predicted octanol–water partition coefficient (Wildman–Crippen LogP) is 1.94. The lowest BCUT2D eigenvalue weighted by molar-refractivity contribution is -0.120. The second-order valence-corrected chi connectivity index (χ2v) is 7.58. The Balaban J connectivity index is 1.53. The summed E-state index contributed by atoms with van der Waals surface area (Å²) in [6.07, 6.45) is 5.55. The van der Waals surface area contributed by atoms with Crippen molar-refractivity contribution in [3.63, 3.8) is 0 Å². The predicted molar refractivity (Wildman–Crippen MR) is 86.0 cm³/mol. The number of amides is 1. The van der Waals surface area contributed by atoms with Gasteiger partial charge in [-0.25, -0.2) is 9.89 Å². The molecule has 0 saturated heterocycles. The first-order chi connectivity index (χ1) is 10.6. The van der Waals surface area contributed by atoms with E-state index >= 15 is 0 Å². The summed E-state index contributed by atoms with van der Waals surface area (Å²) in [6, 6.07) is 0.553. The van der Waals surface area contributed by atoms with Crippen molar-refractivity contribution in [2.24, 2.45) is 11.8 Å². The third kappa shape index (κ3) is 3.39. The number of aromatic amines is 1. The van der Waals surface area contributed by atoms with Crippen molar-refractivity contribution in [2.45, 2.75) is 63.2 Å². The van der Waals surface area contributed by atoms with Crippen LogP contribution in [0.25, 0.3) is 0 Å². The molecule has 2 saturated carbocycles. The van der Waals surface area contributed by atoms with Gasteiger partial charge in [-0.2, -0.15) is 0 Å². The Bertz CT molecular complexity index is 593. The maximum Gasteiger partial charge on any atom is 0.344 e. The molecule has 3 atom stereocenters. The number of hydrogen-bond acceptors (Lipinski definition) is 4. The van der Waals surface area contributed by atoms with E-state index in [1.165, 1.54) is 24.6 Å². The minimum Gasteiger partial charge on any atom is -0.352 e. The van der Waals surface area contributed by atoms with Gasteiger partial charge in [0.15, 0.2) is 5.16 Å². The largest absolute Gasteiger partial charge is 0.352 e. The summed E-state index contributed by atoms with van der Waals surface area (Å²) in [4.78, 5) is 23.9. The second-order valence-electron chi connectivity index (χ2n) is 6.64. The van der Waals surface area contributed by atoms with E-state index in [4.69, 9.17) is 0 Å². The van der Waals surface area contributed by atoms with Crippen molar-refractivity contribution in [1.29, 1.82) is 0 Å². The summed E-state index contributed by atoms with van der Waals surface area (Å²) >= 11 is 1.34. The van der Waals surface area contributed by atoms with Crippen LogP contribution in [0.3, 0.4) is 0 Å². The smallest absolute Gasteiger partial charge is 0.344 e. The van der Waals surface area contributed by atoms with Crippen LogP contribution in [0.4, 0.5) is 0 Å². The van der Waals surface area contributed by atoms with Crippen LogP contribution < -0.4 is 11.0 Å². The molecule has 0 spiro atoms. The van der Waals surface area contributed by atoms with E-state index in [1.54, 1.807) is 4.57 Å². The van der Waals surface area contributed by atoms with Crippen molar-refractivity contribution >= 4 is 17.7 Å². The third-order valence-corrected chi connectivity index (χ3v) is 5.92. The zero-order valence-electron chi connectivity index (χ0n) is 13.2. The number of rotatable bonds is 5. The van der Waals surface area contributed by atoms with Gasteiger partial charge in [0.2, 0.25) is 5.91 Å². The third-order valence-electron chi connectivity index (χ3n) is 4.97. The summed E-state index contributed by atoms with van der Waals surface area (Å²) in [6.45, 7) is 4.48. The van der Waals surface area contributed by atoms with Crippen LogP contribution in [0.2, 0.25) is 0 Å². The topological polar surface area (TPSA) is 79.8 Å². The van der Waals surface area contributed by atoms with Crippen molar-refractivity contribution in [3.05, 3.63) is 10.5 Å². The van der Waals surface area contributed by atoms with Gasteiger partial charge >= 0.3 is 5.69 Å². The minimum atomic E-state index is -0.167. The monoisotopic (exact) mass is 324 g/mol. The van der Waals surface area contributed by atoms with E-state index in [0.717, 1.165) is 19.3 Å². The number of carbonyl (C=O) groups is 1. The van der Waals surface area contributed by atoms with Crippen LogP contribution in [0.5, 0.6) is 0 Å². The molecule has 2 aliphatic rings. The quantitative estimate of drug-likeness (QED) is 0.811.